The first-order valence-electron chi connectivity index (χ1n) is 9.35. The van der Waals surface area contributed by atoms with Gasteiger partial charge in [-0.3, -0.25) is 0 Å². The quantitative estimate of drug-likeness (QED) is 0.407. The topological polar surface area (TPSA) is 60.7 Å². The van der Waals surface area contributed by atoms with E-state index in [0.29, 0.717) is 5.76 Å². The first-order chi connectivity index (χ1) is 12.7. The molecular weight excluding hydrogens is 336 g/mol. The molecule has 3 N–H and O–H groups in total. The predicted octanol–water partition coefficient (Wildman–Crippen LogP) is 6.58. The maximum atomic E-state index is 10.2. The van der Waals surface area contributed by atoms with E-state index in [4.69, 9.17) is 0 Å². The molecule has 3 nitrogen and oxygen atoms in total. The molecular formula is C24H30O3. The van der Waals surface area contributed by atoms with E-state index in [9.17, 15) is 15.3 Å². The zero-order chi connectivity index (χ0) is 20.0. The molecule has 0 saturated carbocycles. The Kier molecular flexibility index (Phi) is 6.73. The largest absolute Gasteiger partial charge is 0.512 e. The van der Waals surface area contributed by atoms with Gasteiger partial charge in [-0.2, -0.15) is 0 Å². The first kappa shape index (κ1) is 20.6. The van der Waals surface area contributed by atoms with E-state index in [0.717, 1.165) is 41.5 Å². The van der Waals surface area contributed by atoms with Crippen molar-refractivity contribution in [1.29, 1.82) is 0 Å². The van der Waals surface area contributed by atoms with Crippen molar-refractivity contribution in [3.05, 3.63) is 76.6 Å². The molecule has 0 spiro atoms. The van der Waals surface area contributed by atoms with Crippen LogP contribution in [0.3, 0.4) is 0 Å². The van der Waals surface area contributed by atoms with Gasteiger partial charge in [0.15, 0.2) is 11.5 Å². The molecule has 27 heavy (non-hydrogen) atoms. The standard InChI is InChI=1S/C24H30O3/c1-17(10-12-20-21(25)9-6-14-24(20,3)4)7-5-8-18(2)15-19-11-13-22(26)23(27)16-19/h5,7-8,10-13,15-16,25-27H,6,9,14H2,1-4H3/b8-5+,12-10+,17-7+,18-15+. The number of aliphatic hydroxyl groups excluding tert-OH is 1. The van der Waals surface area contributed by atoms with Gasteiger partial charge in [-0.1, -0.05) is 67.5 Å². The highest BCUT2D eigenvalue weighted by atomic mass is 16.3. The number of benzene rings is 1. The molecule has 1 aromatic carbocycles. The average molecular weight is 367 g/mol. The number of aromatic hydroxyl groups is 2. The second kappa shape index (κ2) is 8.81. The van der Waals surface area contributed by atoms with Crippen LogP contribution in [0.25, 0.3) is 6.08 Å². The smallest absolute Gasteiger partial charge is 0.157 e. The van der Waals surface area contributed by atoms with Crippen LogP contribution in [0.15, 0.2) is 71.1 Å². The lowest BCUT2D eigenvalue weighted by Crippen LogP contribution is -2.19. The van der Waals surface area contributed by atoms with Gasteiger partial charge in [0.25, 0.3) is 0 Å². The molecule has 0 fully saturated rings. The molecule has 1 aromatic rings. The molecule has 0 bridgehead atoms. The Morgan fingerprint density at radius 1 is 1.00 bits per heavy atom. The first-order valence-corrected chi connectivity index (χ1v) is 9.35. The molecule has 0 aromatic heterocycles. The van der Waals surface area contributed by atoms with Crippen molar-refractivity contribution < 1.29 is 15.3 Å². The molecule has 0 radical (unpaired) electrons. The zero-order valence-corrected chi connectivity index (χ0v) is 16.7. The number of phenolic OH excluding ortho intramolecular Hbond substituents is 2. The Morgan fingerprint density at radius 3 is 2.41 bits per heavy atom. The molecule has 1 aliphatic rings. The lowest BCUT2D eigenvalue weighted by atomic mass is 9.74. The summed E-state index contributed by atoms with van der Waals surface area (Å²) in [4.78, 5) is 0. The van der Waals surface area contributed by atoms with Gasteiger partial charge in [-0.25, -0.2) is 0 Å². The van der Waals surface area contributed by atoms with Gasteiger partial charge in [-0.05, 0) is 55.4 Å². The third-order valence-electron chi connectivity index (χ3n) is 4.88. The van der Waals surface area contributed by atoms with Gasteiger partial charge in [0.2, 0.25) is 0 Å². The fourth-order valence-corrected chi connectivity index (χ4v) is 3.24. The summed E-state index contributed by atoms with van der Waals surface area (Å²) in [7, 11) is 0. The summed E-state index contributed by atoms with van der Waals surface area (Å²) in [6.07, 6.45) is 14.9. The molecule has 3 heteroatoms. The number of rotatable bonds is 5. The van der Waals surface area contributed by atoms with E-state index in [2.05, 4.69) is 13.8 Å². The predicted molar refractivity (Wildman–Crippen MR) is 113 cm³/mol. The normalized spacial score (nSPS) is 18.7. The zero-order valence-electron chi connectivity index (χ0n) is 16.7. The number of aliphatic hydroxyl groups is 1. The van der Waals surface area contributed by atoms with Crippen molar-refractivity contribution in [2.24, 2.45) is 5.41 Å². The average Bonchev–Trinajstić information content (AvgIpc) is 2.57. The second-order valence-electron chi connectivity index (χ2n) is 7.84. The van der Waals surface area contributed by atoms with E-state index in [-0.39, 0.29) is 16.9 Å². The van der Waals surface area contributed by atoms with Gasteiger partial charge in [0.05, 0.1) is 5.76 Å². The Morgan fingerprint density at radius 2 is 1.74 bits per heavy atom. The van der Waals surface area contributed by atoms with Crippen molar-refractivity contribution in [3.63, 3.8) is 0 Å². The van der Waals surface area contributed by atoms with E-state index < -0.39 is 0 Å². The van der Waals surface area contributed by atoms with Crippen LogP contribution in [0, 0.1) is 5.41 Å². The van der Waals surface area contributed by atoms with Crippen molar-refractivity contribution in [1.82, 2.24) is 0 Å². The Labute approximate surface area is 162 Å². The molecule has 0 saturated heterocycles. The number of hydrogen-bond donors (Lipinski definition) is 3. The van der Waals surface area contributed by atoms with Crippen molar-refractivity contribution in [2.45, 2.75) is 47.0 Å². The monoisotopic (exact) mass is 366 g/mol. The summed E-state index contributed by atoms with van der Waals surface area (Å²) in [5.74, 6) is 0.277. The minimum absolute atomic E-state index is 0.0178. The lowest BCUT2D eigenvalue weighted by molar-refractivity contribution is 0.292. The van der Waals surface area contributed by atoms with Crippen molar-refractivity contribution >= 4 is 6.08 Å². The van der Waals surface area contributed by atoms with Gasteiger partial charge >= 0.3 is 0 Å². The Balaban J connectivity index is 2.05. The van der Waals surface area contributed by atoms with Gasteiger partial charge < -0.3 is 15.3 Å². The molecule has 0 amide bonds. The molecule has 144 valence electrons. The highest BCUT2D eigenvalue weighted by Gasteiger charge is 2.28. The summed E-state index contributed by atoms with van der Waals surface area (Å²) in [6, 6.07) is 4.76. The highest BCUT2D eigenvalue weighted by Crippen LogP contribution is 2.40. The molecule has 0 heterocycles. The van der Waals surface area contributed by atoms with Crippen LogP contribution in [0.2, 0.25) is 0 Å². The molecule has 2 rings (SSSR count). The highest BCUT2D eigenvalue weighted by molar-refractivity contribution is 5.59. The molecule has 0 unspecified atom stereocenters. The van der Waals surface area contributed by atoms with Gasteiger partial charge in [0, 0.05) is 6.42 Å². The Hall–Kier alpha value is -2.68. The maximum Gasteiger partial charge on any atom is 0.157 e. The van der Waals surface area contributed by atoms with Crippen LogP contribution in [0.1, 0.15) is 52.5 Å². The van der Waals surface area contributed by atoms with Crippen LogP contribution in [0.5, 0.6) is 11.5 Å². The molecule has 1 aliphatic carbocycles. The fourth-order valence-electron chi connectivity index (χ4n) is 3.24. The van der Waals surface area contributed by atoms with Crippen LogP contribution in [-0.4, -0.2) is 15.3 Å². The second-order valence-corrected chi connectivity index (χ2v) is 7.84. The number of allylic oxidation sites excluding steroid dienone is 9. The minimum atomic E-state index is -0.121. The maximum absolute atomic E-state index is 10.2. The van der Waals surface area contributed by atoms with E-state index in [1.54, 1.807) is 6.07 Å². The molecule has 0 atom stereocenters. The lowest BCUT2D eigenvalue weighted by Gasteiger charge is -2.31. The summed E-state index contributed by atoms with van der Waals surface area (Å²) < 4.78 is 0. The summed E-state index contributed by atoms with van der Waals surface area (Å²) in [5.41, 5.74) is 4.01. The summed E-state index contributed by atoms with van der Waals surface area (Å²) in [5, 5.41) is 29.1. The van der Waals surface area contributed by atoms with E-state index >= 15 is 0 Å². The summed E-state index contributed by atoms with van der Waals surface area (Å²) >= 11 is 0. The van der Waals surface area contributed by atoms with Gasteiger partial charge in [-0.15, -0.1) is 0 Å². The summed E-state index contributed by atoms with van der Waals surface area (Å²) in [6.45, 7) is 8.37. The number of phenols is 2. The van der Waals surface area contributed by atoms with Crippen molar-refractivity contribution in [3.8, 4) is 11.5 Å². The van der Waals surface area contributed by atoms with E-state index in [1.165, 1.54) is 12.1 Å². The third-order valence-corrected chi connectivity index (χ3v) is 4.88. The minimum Gasteiger partial charge on any atom is -0.512 e. The van der Waals surface area contributed by atoms with Crippen LogP contribution < -0.4 is 0 Å². The van der Waals surface area contributed by atoms with E-state index in [1.807, 2.05) is 50.3 Å². The number of hydrogen-bond acceptors (Lipinski definition) is 3. The SMILES string of the molecule is CC(/C=C/C1=C(O)CCCC1(C)C)=C\C=C\C(C)=C\c1ccc(O)c(O)c1. The van der Waals surface area contributed by atoms with Gasteiger partial charge in [0.1, 0.15) is 0 Å². The fraction of sp³-hybridized carbons (Fsp3) is 0.333. The molecule has 0 aliphatic heterocycles. The van der Waals surface area contributed by atoms with Crippen LogP contribution in [0.4, 0.5) is 0 Å². The van der Waals surface area contributed by atoms with Crippen molar-refractivity contribution in [2.75, 3.05) is 0 Å². The van der Waals surface area contributed by atoms with Crippen LogP contribution in [-0.2, 0) is 0 Å². The third kappa shape index (κ3) is 5.92. The van der Waals surface area contributed by atoms with Crippen LogP contribution >= 0.6 is 0 Å². The Bertz CT molecular complexity index is 833.